The number of carboxylic acids is 1. The molecule has 4 rings (SSSR count). The van der Waals surface area contributed by atoms with Crippen molar-refractivity contribution in [1.29, 1.82) is 0 Å². The molecule has 25 heavy (non-hydrogen) atoms. The molecule has 0 unspecified atom stereocenters. The number of rotatable bonds is 2. The summed E-state index contributed by atoms with van der Waals surface area (Å²) in [6.07, 6.45) is 0. The Hall–Kier alpha value is -2.99. The van der Waals surface area contributed by atoms with Gasteiger partial charge >= 0.3 is 5.97 Å². The molecule has 2 aromatic rings. The van der Waals surface area contributed by atoms with Crippen LogP contribution in [0.2, 0.25) is 0 Å². The molecule has 0 aromatic heterocycles. The smallest absolute Gasteiger partial charge is 0.335 e. The van der Waals surface area contributed by atoms with E-state index in [0.717, 1.165) is 18.8 Å². The number of ketones is 2. The molecule has 0 bridgehead atoms. The van der Waals surface area contributed by atoms with Crippen LogP contribution in [0.1, 0.15) is 42.2 Å². The van der Waals surface area contributed by atoms with Crippen LogP contribution in [0.4, 0.5) is 5.69 Å². The summed E-state index contributed by atoms with van der Waals surface area (Å²) in [6, 6.07) is 9.26. The van der Waals surface area contributed by atoms with Crippen molar-refractivity contribution in [3.63, 3.8) is 0 Å². The predicted molar refractivity (Wildman–Crippen MR) is 89.7 cm³/mol. The van der Waals surface area contributed by atoms with Crippen LogP contribution in [0.15, 0.2) is 36.4 Å². The van der Waals surface area contributed by atoms with Gasteiger partial charge in [-0.25, -0.2) is 4.79 Å². The molecule has 6 heteroatoms. The summed E-state index contributed by atoms with van der Waals surface area (Å²) < 4.78 is 5.34. The molecule has 0 spiro atoms. The van der Waals surface area contributed by atoms with E-state index in [1.54, 1.807) is 12.1 Å². The number of hydrogen-bond donors (Lipinski definition) is 1. The summed E-state index contributed by atoms with van der Waals surface area (Å²) in [4.78, 5) is 38.8. The molecule has 0 radical (unpaired) electrons. The number of carboxylic acid groups (broad SMARTS) is 1. The van der Waals surface area contributed by atoms with Crippen LogP contribution in [0.3, 0.4) is 0 Å². The highest BCUT2D eigenvalue weighted by Crippen LogP contribution is 2.31. The molecular weight excluding hydrogens is 322 g/mol. The quantitative estimate of drug-likeness (QED) is 0.770. The van der Waals surface area contributed by atoms with E-state index in [9.17, 15) is 14.4 Å². The Labute approximate surface area is 143 Å². The van der Waals surface area contributed by atoms with Gasteiger partial charge in [-0.3, -0.25) is 9.59 Å². The van der Waals surface area contributed by atoms with E-state index in [0.29, 0.717) is 24.3 Å². The van der Waals surface area contributed by atoms with Crippen LogP contribution < -0.4 is 4.90 Å². The van der Waals surface area contributed by atoms with Gasteiger partial charge in [0, 0.05) is 41.0 Å². The van der Waals surface area contributed by atoms with Gasteiger partial charge in [0.05, 0.1) is 18.8 Å². The van der Waals surface area contributed by atoms with Crippen LogP contribution in [-0.4, -0.2) is 48.9 Å². The van der Waals surface area contributed by atoms with E-state index in [4.69, 9.17) is 9.84 Å². The molecule has 1 heterocycles. The Morgan fingerprint density at radius 1 is 0.880 bits per heavy atom. The molecule has 0 saturated carbocycles. The van der Waals surface area contributed by atoms with Crippen LogP contribution in [0.5, 0.6) is 0 Å². The molecule has 1 N–H and O–H groups in total. The Bertz CT molecular complexity index is 912. The van der Waals surface area contributed by atoms with E-state index in [-0.39, 0.29) is 28.3 Å². The number of nitrogens with zero attached hydrogens (tertiary/aromatic N) is 1. The highest BCUT2D eigenvalue weighted by Gasteiger charge is 2.31. The highest BCUT2D eigenvalue weighted by atomic mass is 16.5. The fourth-order valence-electron chi connectivity index (χ4n) is 3.29. The average Bonchev–Trinajstić information content (AvgIpc) is 2.66. The average molecular weight is 337 g/mol. The molecule has 1 fully saturated rings. The number of fused-ring (bicyclic) bond motifs is 2. The maximum absolute atomic E-state index is 12.8. The van der Waals surface area contributed by atoms with Crippen molar-refractivity contribution >= 4 is 23.2 Å². The van der Waals surface area contributed by atoms with Crippen molar-refractivity contribution < 1.29 is 24.2 Å². The number of carbonyl (C=O) groups is 3. The highest BCUT2D eigenvalue weighted by molar-refractivity contribution is 6.29. The summed E-state index contributed by atoms with van der Waals surface area (Å²) in [5.74, 6) is -1.70. The van der Waals surface area contributed by atoms with Gasteiger partial charge in [-0.05, 0) is 36.4 Å². The molecule has 1 aliphatic heterocycles. The maximum Gasteiger partial charge on any atom is 0.335 e. The predicted octanol–water partition coefficient (Wildman–Crippen LogP) is 2.00. The molecule has 1 saturated heterocycles. The first kappa shape index (κ1) is 15.5. The molecule has 2 aliphatic rings. The third-order valence-electron chi connectivity index (χ3n) is 4.62. The molecule has 2 aromatic carbocycles. The van der Waals surface area contributed by atoms with Crippen molar-refractivity contribution in [1.82, 2.24) is 0 Å². The number of ether oxygens (including phenoxy) is 1. The number of benzene rings is 2. The Morgan fingerprint density at radius 3 is 2.12 bits per heavy atom. The Kier molecular flexibility index (Phi) is 3.62. The molecule has 0 atom stereocenters. The minimum absolute atomic E-state index is 0.00622. The van der Waals surface area contributed by atoms with Crippen molar-refractivity contribution in [2.45, 2.75) is 0 Å². The fourth-order valence-corrected chi connectivity index (χ4v) is 3.29. The number of aromatic carboxylic acids is 1. The van der Waals surface area contributed by atoms with Crippen LogP contribution in [0, 0.1) is 0 Å². The maximum atomic E-state index is 12.8. The second-order valence-corrected chi connectivity index (χ2v) is 6.05. The topological polar surface area (TPSA) is 83.9 Å². The summed E-state index contributed by atoms with van der Waals surface area (Å²) >= 11 is 0. The van der Waals surface area contributed by atoms with Crippen molar-refractivity contribution in [3.05, 3.63) is 64.2 Å². The number of morpholine rings is 1. The monoisotopic (exact) mass is 337 g/mol. The van der Waals surface area contributed by atoms with Gasteiger partial charge < -0.3 is 14.7 Å². The SMILES string of the molecule is O=C(O)c1ccc2c(c1)C(=O)c1ccc(N3CCOCC3)cc1C2=O. The minimum atomic E-state index is -1.13. The first-order chi connectivity index (χ1) is 12.1. The third-order valence-corrected chi connectivity index (χ3v) is 4.62. The first-order valence-electron chi connectivity index (χ1n) is 8.00. The largest absolute Gasteiger partial charge is 0.478 e. The van der Waals surface area contributed by atoms with Gasteiger partial charge in [0.2, 0.25) is 0 Å². The third kappa shape index (κ3) is 2.51. The zero-order chi connectivity index (χ0) is 17.6. The summed E-state index contributed by atoms with van der Waals surface area (Å²) in [6.45, 7) is 2.73. The van der Waals surface area contributed by atoms with Crippen LogP contribution in [-0.2, 0) is 4.74 Å². The van der Waals surface area contributed by atoms with Gasteiger partial charge in [-0.15, -0.1) is 0 Å². The van der Waals surface area contributed by atoms with Crippen molar-refractivity contribution in [2.24, 2.45) is 0 Å². The Morgan fingerprint density at radius 2 is 1.48 bits per heavy atom. The van der Waals surface area contributed by atoms with Gasteiger partial charge in [0.15, 0.2) is 11.6 Å². The molecule has 126 valence electrons. The Balaban J connectivity index is 1.78. The minimum Gasteiger partial charge on any atom is -0.478 e. The lowest BCUT2D eigenvalue weighted by molar-refractivity contribution is 0.0696. The molecule has 6 nitrogen and oxygen atoms in total. The van der Waals surface area contributed by atoms with E-state index < -0.39 is 5.97 Å². The standard InChI is InChI=1S/C19H15NO5/c21-17-14-4-2-12(20-5-7-25-8-6-20)10-16(14)18(22)13-3-1-11(19(23)24)9-15(13)17/h1-4,9-10H,5-8H2,(H,23,24). The van der Waals surface area contributed by atoms with Crippen LogP contribution in [0.25, 0.3) is 0 Å². The molecule has 1 aliphatic carbocycles. The lowest BCUT2D eigenvalue weighted by Gasteiger charge is -2.30. The summed E-state index contributed by atoms with van der Waals surface area (Å²) in [5.41, 5.74) is 1.96. The number of hydrogen-bond acceptors (Lipinski definition) is 5. The van der Waals surface area contributed by atoms with Gasteiger partial charge in [0.1, 0.15) is 0 Å². The van der Waals surface area contributed by atoms with Gasteiger partial charge in [-0.1, -0.05) is 0 Å². The number of carbonyl (C=O) groups excluding carboxylic acids is 2. The van der Waals surface area contributed by atoms with E-state index in [2.05, 4.69) is 4.90 Å². The van der Waals surface area contributed by atoms with Gasteiger partial charge in [0.25, 0.3) is 0 Å². The lowest BCUT2D eigenvalue weighted by Crippen LogP contribution is -2.36. The first-order valence-corrected chi connectivity index (χ1v) is 8.00. The lowest BCUT2D eigenvalue weighted by atomic mass is 9.83. The van der Waals surface area contributed by atoms with Crippen molar-refractivity contribution in [2.75, 3.05) is 31.2 Å². The normalized spacial score (nSPS) is 16.4. The number of anilines is 1. The zero-order valence-electron chi connectivity index (χ0n) is 13.3. The summed E-state index contributed by atoms with van der Waals surface area (Å²) in [5, 5.41) is 9.10. The van der Waals surface area contributed by atoms with E-state index in [1.165, 1.54) is 18.2 Å². The summed E-state index contributed by atoms with van der Waals surface area (Å²) in [7, 11) is 0. The zero-order valence-corrected chi connectivity index (χ0v) is 13.3. The van der Waals surface area contributed by atoms with Crippen LogP contribution >= 0.6 is 0 Å². The van der Waals surface area contributed by atoms with Gasteiger partial charge in [-0.2, -0.15) is 0 Å². The van der Waals surface area contributed by atoms with E-state index in [1.807, 2.05) is 6.07 Å². The fraction of sp³-hybridized carbons (Fsp3) is 0.211. The second-order valence-electron chi connectivity index (χ2n) is 6.05. The van der Waals surface area contributed by atoms with E-state index >= 15 is 0 Å². The second kappa shape index (κ2) is 5.82. The molecule has 0 amide bonds. The molecular formula is C19H15NO5. The van der Waals surface area contributed by atoms with Crippen molar-refractivity contribution in [3.8, 4) is 0 Å².